The molecule has 2 aromatic rings. The lowest BCUT2D eigenvalue weighted by atomic mass is 9.72. The highest BCUT2D eigenvalue weighted by atomic mass is 16.3. The Morgan fingerprint density at radius 1 is 1.38 bits per heavy atom. The Bertz CT molecular complexity index is 648. The van der Waals surface area contributed by atoms with Gasteiger partial charge in [0.2, 0.25) is 0 Å². The molecule has 0 spiro atoms. The summed E-state index contributed by atoms with van der Waals surface area (Å²) < 4.78 is 0. The van der Waals surface area contributed by atoms with Crippen LogP contribution in [0.3, 0.4) is 0 Å². The quantitative estimate of drug-likeness (QED) is 0.909. The SMILES string of the molecule is CCCN1C[C@H](CO)CC2c3cccc4[nH]cc(c34)CC21. The Balaban J connectivity index is 1.79. The van der Waals surface area contributed by atoms with Crippen molar-refractivity contribution in [2.75, 3.05) is 19.7 Å². The van der Waals surface area contributed by atoms with Crippen LogP contribution in [0.25, 0.3) is 10.9 Å². The smallest absolute Gasteiger partial charge is 0.0471 e. The number of nitrogens with one attached hydrogen (secondary N) is 1. The van der Waals surface area contributed by atoms with E-state index in [4.69, 9.17) is 0 Å². The summed E-state index contributed by atoms with van der Waals surface area (Å²) in [6.07, 6.45) is 5.67. The molecule has 1 aliphatic heterocycles. The molecule has 4 rings (SSSR count). The highest BCUT2D eigenvalue weighted by molar-refractivity contribution is 5.88. The van der Waals surface area contributed by atoms with Gasteiger partial charge in [0, 0.05) is 42.2 Å². The van der Waals surface area contributed by atoms with Crippen molar-refractivity contribution in [3.63, 3.8) is 0 Å². The Kier molecular flexibility index (Phi) is 3.27. The average molecular weight is 284 g/mol. The van der Waals surface area contributed by atoms with Gasteiger partial charge >= 0.3 is 0 Å². The standard InChI is InChI=1S/C18H24N2O/c1-2-6-20-10-12(11-21)7-15-14-4-3-5-16-18(14)13(9-19-16)8-17(15)20/h3-5,9,12,15,17,19,21H,2,6-8,10-11H2,1H3/t12-,15?,17?/m1/s1. The van der Waals surface area contributed by atoms with E-state index in [0.29, 0.717) is 24.5 Å². The Morgan fingerprint density at radius 3 is 3.10 bits per heavy atom. The highest BCUT2D eigenvalue weighted by Crippen LogP contribution is 2.44. The van der Waals surface area contributed by atoms with Gasteiger partial charge in [0.1, 0.15) is 0 Å². The predicted molar refractivity (Wildman–Crippen MR) is 85.6 cm³/mol. The third-order valence-corrected chi connectivity index (χ3v) is 5.43. The van der Waals surface area contributed by atoms with Crippen LogP contribution in [0.4, 0.5) is 0 Å². The van der Waals surface area contributed by atoms with Crippen LogP contribution in [-0.4, -0.2) is 40.7 Å². The number of aromatic amines is 1. The summed E-state index contributed by atoms with van der Waals surface area (Å²) in [4.78, 5) is 6.06. The van der Waals surface area contributed by atoms with Crippen molar-refractivity contribution in [1.29, 1.82) is 0 Å². The minimum Gasteiger partial charge on any atom is -0.396 e. The summed E-state index contributed by atoms with van der Waals surface area (Å²) in [6.45, 7) is 4.77. The van der Waals surface area contributed by atoms with Crippen molar-refractivity contribution < 1.29 is 5.11 Å². The van der Waals surface area contributed by atoms with E-state index in [-0.39, 0.29) is 0 Å². The fourth-order valence-electron chi connectivity index (χ4n) is 4.58. The van der Waals surface area contributed by atoms with Gasteiger partial charge in [-0.05, 0) is 48.9 Å². The molecule has 1 aliphatic carbocycles. The molecule has 1 saturated heterocycles. The van der Waals surface area contributed by atoms with Gasteiger partial charge in [0.25, 0.3) is 0 Å². The maximum atomic E-state index is 9.68. The summed E-state index contributed by atoms with van der Waals surface area (Å²) in [5, 5.41) is 11.1. The minimum absolute atomic E-state index is 0.319. The Hall–Kier alpha value is -1.32. The summed E-state index contributed by atoms with van der Waals surface area (Å²) in [6, 6.07) is 7.27. The van der Waals surface area contributed by atoms with Gasteiger partial charge < -0.3 is 10.1 Å². The molecule has 0 bridgehead atoms. The van der Waals surface area contributed by atoms with E-state index < -0.39 is 0 Å². The lowest BCUT2D eigenvalue weighted by Crippen LogP contribution is -2.50. The molecule has 21 heavy (non-hydrogen) atoms. The van der Waals surface area contributed by atoms with Crippen molar-refractivity contribution in [3.05, 3.63) is 35.5 Å². The lowest BCUT2D eigenvalue weighted by Gasteiger charge is -2.47. The molecule has 0 amide bonds. The first-order valence-corrected chi connectivity index (χ1v) is 8.25. The number of hydrogen-bond donors (Lipinski definition) is 2. The second kappa shape index (κ2) is 5.15. The number of nitrogens with zero attached hydrogens (tertiary/aromatic N) is 1. The minimum atomic E-state index is 0.319. The number of piperidine rings is 1. The van der Waals surface area contributed by atoms with Crippen LogP contribution in [0.15, 0.2) is 24.4 Å². The summed E-state index contributed by atoms with van der Waals surface area (Å²) in [5.74, 6) is 1.00. The Morgan fingerprint density at radius 2 is 2.29 bits per heavy atom. The van der Waals surface area contributed by atoms with Crippen LogP contribution in [-0.2, 0) is 6.42 Å². The topological polar surface area (TPSA) is 39.3 Å². The van der Waals surface area contributed by atoms with Crippen LogP contribution in [0.2, 0.25) is 0 Å². The van der Waals surface area contributed by atoms with E-state index in [2.05, 4.69) is 41.2 Å². The molecule has 0 radical (unpaired) electrons. The molecule has 2 N–H and O–H groups in total. The van der Waals surface area contributed by atoms with E-state index >= 15 is 0 Å². The third kappa shape index (κ3) is 2.02. The van der Waals surface area contributed by atoms with Gasteiger partial charge in [-0.1, -0.05) is 19.1 Å². The number of aliphatic hydroxyl groups excluding tert-OH is 1. The first-order valence-electron chi connectivity index (χ1n) is 8.25. The van der Waals surface area contributed by atoms with Crippen molar-refractivity contribution in [2.24, 2.45) is 5.92 Å². The summed E-state index contributed by atoms with van der Waals surface area (Å²) in [7, 11) is 0. The third-order valence-electron chi connectivity index (χ3n) is 5.43. The van der Waals surface area contributed by atoms with Crippen molar-refractivity contribution >= 4 is 10.9 Å². The fraction of sp³-hybridized carbons (Fsp3) is 0.556. The molecule has 3 atom stereocenters. The number of H-pyrrole nitrogens is 1. The van der Waals surface area contributed by atoms with Crippen LogP contribution in [0.1, 0.15) is 36.8 Å². The number of fused-ring (bicyclic) bond motifs is 2. The molecular weight excluding hydrogens is 260 g/mol. The maximum Gasteiger partial charge on any atom is 0.0471 e. The highest BCUT2D eigenvalue weighted by Gasteiger charge is 2.40. The number of aromatic nitrogens is 1. The molecule has 2 aliphatic rings. The molecule has 1 aromatic heterocycles. The zero-order valence-corrected chi connectivity index (χ0v) is 12.7. The number of benzene rings is 1. The van der Waals surface area contributed by atoms with Crippen LogP contribution in [0.5, 0.6) is 0 Å². The monoisotopic (exact) mass is 284 g/mol. The second-order valence-electron chi connectivity index (χ2n) is 6.74. The van der Waals surface area contributed by atoms with E-state index in [1.807, 2.05) is 0 Å². The average Bonchev–Trinajstić information content (AvgIpc) is 2.93. The van der Waals surface area contributed by atoms with E-state index in [0.717, 1.165) is 25.9 Å². The molecule has 3 heteroatoms. The zero-order chi connectivity index (χ0) is 14.4. The number of hydrogen-bond acceptors (Lipinski definition) is 2. The molecule has 1 aromatic carbocycles. The molecule has 0 saturated carbocycles. The van der Waals surface area contributed by atoms with E-state index in [1.165, 1.54) is 28.5 Å². The normalized spacial score (nSPS) is 28.8. The zero-order valence-electron chi connectivity index (χ0n) is 12.7. The van der Waals surface area contributed by atoms with E-state index in [9.17, 15) is 5.11 Å². The van der Waals surface area contributed by atoms with Gasteiger partial charge in [0.05, 0.1) is 0 Å². The van der Waals surface area contributed by atoms with Crippen molar-refractivity contribution in [2.45, 2.75) is 38.1 Å². The molecule has 112 valence electrons. The lowest BCUT2D eigenvalue weighted by molar-refractivity contribution is 0.0572. The fourth-order valence-corrected chi connectivity index (χ4v) is 4.58. The molecular formula is C18H24N2O. The van der Waals surface area contributed by atoms with Crippen LogP contribution in [0, 0.1) is 5.92 Å². The van der Waals surface area contributed by atoms with Crippen molar-refractivity contribution in [3.8, 4) is 0 Å². The van der Waals surface area contributed by atoms with Gasteiger partial charge in [-0.25, -0.2) is 0 Å². The maximum absolute atomic E-state index is 9.68. The molecule has 2 heterocycles. The molecule has 1 fully saturated rings. The number of likely N-dealkylation sites (tertiary alicyclic amines) is 1. The van der Waals surface area contributed by atoms with E-state index in [1.54, 1.807) is 0 Å². The first kappa shape index (κ1) is 13.4. The number of rotatable bonds is 3. The van der Waals surface area contributed by atoms with Gasteiger partial charge in [-0.3, -0.25) is 4.90 Å². The number of aliphatic hydroxyl groups is 1. The predicted octanol–water partition coefficient (Wildman–Crippen LogP) is 2.90. The van der Waals surface area contributed by atoms with Gasteiger partial charge in [0.15, 0.2) is 0 Å². The van der Waals surface area contributed by atoms with Gasteiger partial charge in [-0.2, -0.15) is 0 Å². The Labute approximate surface area is 126 Å². The second-order valence-corrected chi connectivity index (χ2v) is 6.74. The van der Waals surface area contributed by atoms with Crippen LogP contribution < -0.4 is 0 Å². The summed E-state index contributed by atoms with van der Waals surface area (Å²) in [5.41, 5.74) is 4.25. The first-order chi connectivity index (χ1) is 10.3. The molecule has 2 unspecified atom stereocenters. The summed E-state index contributed by atoms with van der Waals surface area (Å²) >= 11 is 0. The van der Waals surface area contributed by atoms with Gasteiger partial charge in [-0.15, -0.1) is 0 Å². The van der Waals surface area contributed by atoms with Crippen LogP contribution >= 0.6 is 0 Å². The van der Waals surface area contributed by atoms with Crippen molar-refractivity contribution in [1.82, 2.24) is 9.88 Å². The molecule has 3 nitrogen and oxygen atoms in total. The largest absolute Gasteiger partial charge is 0.396 e.